The van der Waals surface area contributed by atoms with Gasteiger partial charge in [0.2, 0.25) is 0 Å². The van der Waals surface area contributed by atoms with E-state index in [1.165, 1.54) is 5.56 Å². The highest BCUT2D eigenvalue weighted by Gasteiger charge is 2.06. The molecule has 0 fully saturated rings. The second-order valence-corrected chi connectivity index (χ2v) is 5.05. The third-order valence-corrected chi connectivity index (χ3v) is 3.67. The molecule has 4 heteroatoms. The van der Waals surface area contributed by atoms with Crippen molar-refractivity contribution in [3.8, 4) is 0 Å². The molecule has 0 amide bonds. The molecule has 3 aromatic rings. The van der Waals surface area contributed by atoms with E-state index in [2.05, 4.69) is 27.0 Å². The lowest BCUT2D eigenvalue weighted by Crippen LogP contribution is -1.91. The SMILES string of the molecule is Nc1cccn2cc(Cc3ccccc3Br)nc12. The molecule has 0 unspecified atom stereocenters. The molecular weight excluding hydrogens is 290 g/mol. The summed E-state index contributed by atoms with van der Waals surface area (Å²) < 4.78 is 3.07. The van der Waals surface area contributed by atoms with Crippen LogP contribution in [0.2, 0.25) is 0 Å². The zero-order valence-electron chi connectivity index (χ0n) is 9.68. The van der Waals surface area contributed by atoms with E-state index in [0.717, 1.165) is 22.2 Å². The normalized spacial score (nSPS) is 10.9. The van der Waals surface area contributed by atoms with Crippen LogP contribution in [0, 0.1) is 0 Å². The molecule has 18 heavy (non-hydrogen) atoms. The van der Waals surface area contributed by atoms with Gasteiger partial charge in [-0.05, 0) is 23.8 Å². The summed E-state index contributed by atoms with van der Waals surface area (Å²) in [5.74, 6) is 0. The molecule has 2 N–H and O–H groups in total. The summed E-state index contributed by atoms with van der Waals surface area (Å²) in [4.78, 5) is 4.57. The van der Waals surface area contributed by atoms with Crippen LogP contribution in [0.3, 0.4) is 0 Å². The van der Waals surface area contributed by atoms with Crippen molar-refractivity contribution in [2.24, 2.45) is 0 Å². The Hall–Kier alpha value is -1.81. The molecule has 0 saturated heterocycles. The zero-order valence-corrected chi connectivity index (χ0v) is 11.3. The molecule has 90 valence electrons. The van der Waals surface area contributed by atoms with Crippen LogP contribution in [0.1, 0.15) is 11.3 Å². The lowest BCUT2D eigenvalue weighted by Gasteiger charge is -2.00. The van der Waals surface area contributed by atoms with Crippen LogP contribution in [0.15, 0.2) is 53.3 Å². The number of pyridine rings is 1. The van der Waals surface area contributed by atoms with Gasteiger partial charge in [0, 0.05) is 23.3 Å². The maximum absolute atomic E-state index is 5.90. The summed E-state index contributed by atoms with van der Waals surface area (Å²) in [5.41, 5.74) is 9.66. The molecule has 0 bridgehead atoms. The summed E-state index contributed by atoms with van der Waals surface area (Å²) in [6.45, 7) is 0. The van der Waals surface area contributed by atoms with Crippen LogP contribution in [-0.4, -0.2) is 9.38 Å². The molecule has 3 rings (SSSR count). The highest BCUT2D eigenvalue weighted by atomic mass is 79.9. The summed E-state index contributed by atoms with van der Waals surface area (Å²) in [7, 11) is 0. The van der Waals surface area contributed by atoms with E-state index >= 15 is 0 Å². The predicted molar refractivity (Wildman–Crippen MR) is 76.6 cm³/mol. The Morgan fingerprint density at radius 2 is 2.00 bits per heavy atom. The summed E-state index contributed by atoms with van der Waals surface area (Å²) in [5, 5.41) is 0. The van der Waals surface area contributed by atoms with E-state index in [1.807, 2.05) is 47.1 Å². The topological polar surface area (TPSA) is 43.3 Å². The van der Waals surface area contributed by atoms with Crippen LogP contribution < -0.4 is 5.73 Å². The van der Waals surface area contributed by atoms with E-state index in [4.69, 9.17) is 5.73 Å². The lowest BCUT2D eigenvalue weighted by molar-refractivity contribution is 1.10. The minimum atomic E-state index is 0.705. The van der Waals surface area contributed by atoms with E-state index in [9.17, 15) is 0 Å². The minimum Gasteiger partial charge on any atom is -0.396 e. The van der Waals surface area contributed by atoms with Gasteiger partial charge in [-0.15, -0.1) is 0 Å². The van der Waals surface area contributed by atoms with Crippen molar-refractivity contribution in [1.82, 2.24) is 9.38 Å². The van der Waals surface area contributed by atoms with Crippen molar-refractivity contribution in [2.75, 3.05) is 5.73 Å². The first-order valence-corrected chi connectivity index (χ1v) is 6.49. The van der Waals surface area contributed by atoms with Crippen molar-refractivity contribution in [2.45, 2.75) is 6.42 Å². The van der Waals surface area contributed by atoms with Gasteiger partial charge in [-0.2, -0.15) is 0 Å². The average molecular weight is 302 g/mol. The Morgan fingerprint density at radius 3 is 2.78 bits per heavy atom. The summed E-state index contributed by atoms with van der Waals surface area (Å²) in [6, 6.07) is 12.0. The Morgan fingerprint density at radius 1 is 1.17 bits per heavy atom. The second kappa shape index (κ2) is 4.46. The first-order chi connectivity index (χ1) is 8.74. The Kier molecular flexibility index (Phi) is 2.80. The van der Waals surface area contributed by atoms with Crippen molar-refractivity contribution in [3.05, 3.63) is 64.5 Å². The largest absolute Gasteiger partial charge is 0.396 e. The number of hydrogen-bond donors (Lipinski definition) is 1. The molecule has 2 aromatic heterocycles. The van der Waals surface area contributed by atoms with E-state index in [-0.39, 0.29) is 0 Å². The number of aromatic nitrogens is 2. The minimum absolute atomic E-state index is 0.705. The number of benzene rings is 1. The standard InChI is InChI=1S/C14H12BrN3/c15-12-5-2-1-4-10(12)8-11-9-18-7-3-6-13(16)14(18)17-11/h1-7,9H,8,16H2. The Labute approximate surface area is 113 Å². The highest BCUT2D eigenvalue weighted by Crippen LogP contribution is 2.20. The fraction of sp³-hybridized carbons (Fsp3) is 0.0714. The van der Waals surface area contributed by atoms with Gasteiger partial charge in [0.1, 0.15) is 0 Å². The highest BCUT2D eigenvalue weighted by molar-refractivity contribution is 9.10. The van der Waals surface area contributed by atoms with E-state index in [1.54, 1.807) is 0 Å². The molecular formula is C14H12BrN3. The first kappa shape index (κ1) is 11.3. The zero-order chi connectivity index (χ0) is 12.5. The predicted octanol–water partition coefficient (Wildman–Crippen LogP) is 3.27. The Balaban J connectivity index is 2.01. The molecule has 0 saturated carbocycles. The summed E-state index contributed by atoms with van der Waals surface area (Å²) >= 11 is 3.55. The van der Waals surface area contributed by atoms with Crippen molar-refractivity contribution < 1.29 is 0 Å². The number of anilines is 1. The van der Waals surface area contributed by atoms with Crippen molar-refractivity contribution in [1.29, 1.82) is 0 Å². The van der Waals surface area contributed by atoms with E-state index < -0.39 is 0 Å². The quantitative estimate of drug-likeness (QED) is 0.789. The smallest absolute Gasteiger partial charge is 0.160 e. The molecule has 0 radical (unpaired) electrons. The van der Waals surface area contributed by atoms with Gasteiger partial charge in [-0.25, -0.2) is 4.98 Å². The first-order valence-electron chi connectivity index (χ1n) is 5.69. The number of rotatable bonds is 2. The van der Waals surface area contributed by atoms with Crippen molar-refractivity contribution >= 4 is 27.3 Å². The van der Waals surface area contributed by atoms with Crippen LogP contribution >= 0.6 is 15.9 Å². The van der Waals surface area contributed by atoms with Gasteiger partial charge in [0.05, 0.1) is 11.4 Å². The molecule has 0 aliphatic rings. The Bertz CT molecular complexity index is 703. The fourth-order valence-corrected chi connectivity index (χ4v) is 2.43. The monoisotopic (exact) mass is 301 g/mol. The number of nitrogens with zero attached hydrogens (tertiary/aromatic N) is 2. The van der Waals surface area contributed by atoms with Gasteiger partial charge in [-0.3, -0.25) is 0 Å². The summed E-state index contributed by atoms with van der Waals surface area (Å²) in [6.07, 6.45) is 4.77. The third kappa shape index (κ3) is 1.99. The number of fused-ring (bicyclic) bond motifs is 1. The van der Waals surface area contributed by atoms with Gasteiger partial charge in [0.15, 0.2) is 5.65 Å². The number of imidazole rings is 1. The molecule has 0 aliphatic carbocycles. The van der Waals surface area contributed by atoms with Crippen LogP contribution in [0.4, 0.5) is 5.69 Å². The van der Waals surface area contributed by atoms with Gasteiger partial charge < -0.3 is 10.1 Å². The molecule has 3 nitrogen and oxygen atoms in total. The molecule has 0 aliphatic heterocycles. The number of halogens is 1. The maximum Gasteiger partial charge on any atom is 0.160 e. The number of nitrogens with two attached hydrogens (primary N) is 1. The second-order valence-electron chi connectivity index (χ2n) is 4.19. The van der Waals surface area contributed by atoms with Gasteiger partial charge >= 0.3 is 0 Å². The van der Waals surface area contributed by atoms with Crippen LogP contribution in [0.5, 0.6) is 0 Å². The van der Waals surface area contributed by atoms with Gasteiger partial charge in [-0.1, -0.05) is 34.1 Å². The van der Waals surface area contributed by atoms with Crippen molar-refractivity contribution in [3.63, 3.8) is 0 Å². The number of nitrogen functional groups attached to an aromatic ring is 1. The maximum atomic E-state index is 5.90. The third-order valence-electron chi connectivity index (χ3n) is 2.89. The molecule has 1 aromatic carbocycles. The molecule has 0 spiro atoms. The van der Waals surface area contributed by atoms with Gasteiger partial charge in [0.25, 0.3) is 0 Å². The average Bonchev–Trinajstić information content (AvgIpc) is 2.76. The molecule has 2 heterocycles. The van der Waals surface area contributed by atoms with E-state index in [0.29, 0.717) is 5.69 Å². The lowest BCUT2D eigenvalue weighted by atomic mass is 10.1. The van der Waals surface area contributed by atoms with Crippen LogP contribution in [-0.2, 0) is 6.42 Å². The molecule has 0 atom stereocenters. The number of hydrogen-bond acceptors (Lipinski definition) is 2. The van der Waals surface area contributed by atoms with Crippen LogP contribution in [0.25, 0.3) is 5.65 Å². The fourth-order valence-electron chi connectivity index (χ4n) is 2.01.